The zero-order valence-corrected chi connectivity index (χ0v) is 11.7. The lowest BCUT2D eigenvalue weighted by molar-refractivity contribution is -0.143. The van der Waals surface area contributed by atoms with Gasteiger partial charge in [-0.1, -0.05) is 6.92 Å². The quantitative estimate of drug-likeness (QED) is 0.818. The van der Waals surface area contributed by atoms with Crippen LogP contribution < -0.4 is 0 Å². The molecule has 0 spiro atoms. The molecule has 5 nitrogen and oxygen atoms in total. The Morgan fingerprint density at radius 1 is 1.26 bits per heavy atom. The van der Waals surface area contributed by atoms with Crippen LogP contribution in [-0.2, 0) is 14.3 Å². The van der Waals surface area contributed by atoms with Crippen molar-refractivity contribution in [3.8, 4) is 0 Å². The van der Waals surface area contributed by atoms with Gasteiger partial charge < -0.3 is 14.6 Å². The maximum atomic E-state index is 11.3. The molecular weight excluding hydrogens is 246 g/mol. The van der Waals surface area contributed by atoms with Gasteiger partial charge in [-0.3, -0.25) is 9.69 Å². The summed E-state index contributed by atoms with van der Waals surface area (Å²) in [6, 6.07) is 0.469. The normalized spacial score (nSPS) is 32.4. The maximum absolute atomic E-state index is 11.3. The summed E-state index contributed by atoms with van der Waals surface area (Å²) in [5.41, 5.74) is 0. The first-order valence-electron chi connectivity index (χ1n) is 7.38. The van der Waals surface area contributed by atoms with E-state index in [9.17, 15) is 9.90 Å². The monoisotopic (exact) mass is 271 g/mol. The van der Waals surface area contributed by atoms with Crippen LogP contribution >= 0.6 is 0 Å². The van der Waals surface area contributed by atoms with E-state index in [1.807, 2.05) is 0 Å². The lowest BCUT2D eigenvalue weighted by atomic mass is 9.97. The van der Waals surface area contributed by atoms with Crippen LogP contribution in [0.3, 0.4) is 0 Å². The van der Waals surface area contributed by atoms with Gasteiger partial charge in [-0.05, 0) is 32.2 Å². The van der Waals surface area contributed by atoms with Crippen molar-refractivity contribution < 1.29 is 19.4 Å². The molecule has 3 atom stereocenters. The number of carbonyl (C=O) groups is 1. The van der Waals surface area contributed by atoms with E-state index in [2.05, 4.69) is 11.8 Å². The van der Waals surface area contributed by atoms with Crippen LogP contribution in [-0.4, -0.2) is 61.0 Å². The predicted molar refractivity (Wildman–Crippen MR) is 71.2 cm³/mol. The van der Waals surface area contributed by atoms with Crippen molar-refractivity contribution in [2.24, 2.45) is 5.92 Å². The van der Waals surface area contributed by atoms with Gasteiger partial charge in [0.1, 0.15) is 0 Å². The molecule has 2 aliphatic heterocycles. The third kappa shape index (κ3) is 3.68. The molecule has 0 amide bonds. The van der Waals surface area contributed by atoms with Crippen LogP contribution in [0.25, 0.3) is 0 Å². The number of carboxylic acids is 1. The lowest BCUT2D eigenvalue weighted by Gasteiger charge is -2.36. The summed E-state index contributed by atoms with van der Waals surface area (Å²) >= 11 is 0. The SMILES string of the molecule is CCCN(C1CCCOCC1)C1COCC1C(=O)O. The number of aliphatic carboxylic acids is 1. The number of carboxylic acid groups (broad SMARTS) is 1. The number of rotatable bonds is 5. The Morgan fingerprint density at radius 2 is 2.11 bits per heavy atom. The zero-order valence-electron chi connectivity index (χ0n) is 11.7. The van der Waals surface area contributed by atoms with Gasteiger partial charge in [-0.15, -0.1) is 0 Å². The van der Waals surface area contributed by atoms with Crippen LogP contribution in [0.4, 0.5) is 0 Å². The number of hydrogen-bond donors (Lipinski definition) is 1. The van der Waals surface area contributed by atoms with Gasteiger partial charge in [-0.2, -0.15) is 0 Å². The minimum absolute atomic E-state index is 0.0283. The minimum atomic E-state index is -0.728. The Kier molecular flexibility index (Phi) is 5.60. The Morgan fingerprint density at radius 3 is 2.84 bits per heavy atom. The molecule has 110 valence electrons. The van der Waals surface area contributed by atoms with Gasteiger partial charge >= 0.3 is 5.97 Å². The van der Waals surface area contributed by atoms with E-state index in [0.29, 0.717) is 19.3 Å². The van der Waals surface area contributed by atoms with Crippen LogP contribution in [0.2, 0.25) is 0 Å². The highest BCUT2D eigenvalue weighted by atomic mass is 16.5. The van der Waals surface area contributed by atoms with Crippen LogP contribution in [0.1, 0.15) is 32.6 Å². The molecule has 1 N–H and O–H groups in total. The Hall–Kier alpha value is -0.650. The van der Waals surface area contributed by atoms with Crippen molar-refractivity contribution in [1.82, 2.24) is 4.90 Å². The second-order valence-corrected chi connectivity index (χ2v) is 5.48. The first-order chi connectivity index (χ1) is 9.24. The van der Waals surface area contributed by atoms with Gasteiger partial charge in [0, 0.05) is 25.3 Å². The summed E-state index contributed by atoms with van der Waals surface area (Å²) < 4.78 is 10.9. The summed E-state index contributed by atoms with van der Waals surface area (Å²) in [5, 5.41) is 9.32. The van der Waals surface area contributed by atoms with Gasteiger partial charge in [0.05, 0.1) is 19.1 Å². The van der Waals surface area contributed by atoms with E-state index in [-0.39, 0.29) is 12.0 Å². The molecule has 0 radical (unpaired) electrons. The van der Waals surface area contributed by atoms with Crippen LogP contribution in [0, 0.1) is 5.92 Å². The molecule has 19 heavy (non-hydrogen) atoms. The summed E-state index contributed by atoms with van der Waals surface area (Å²) in [4.78, 5) is 13.7. The third-order valence-electron chi connectivity index (χ3n) is 4.17. The summed E-state index contributed by atoms with van der Waals surface area (Å²) in [5.74, 6) is -1.11. The second-order valence-electron chi connectivity index (χ2n) is 5.48. The Labute approximate surface area is 114 Å². The second kappa shape index (κ2) is 7.22. The van der Waals surface area contributed by atoms with Crippen LogP contribution in [0.5, 0.6) is 0 Å². The van der Waals surface area contributed by atoms with Gasteiger partial charge in [0.2, 0.25) is 0 Å². The summed E-state index contributed by atoms with van der Waals surface area (Å²) in [6.07, 6.45) is 4.21. The van der Waals surface area contributed by atoms with Gasteiger partial charge in [-0.25, -0.2) is 0 Å². The Balaban J connectivity index is 2.06. The topological polar surface area (TPSA) is 59.0 Å². The molecular formula is C14H25NO4. The molecule has 2 fully saturated rings. The van der Waals surface area contributed by atoms with E-state index in [1.165, 1.54) is 0 Å². The fourth-order valence-electron chi connectivity index (χ4n) is 3.20. The first kappa shape index (κ1) is 14.8. The van der Waals surface area contributed by atoms with Crippen molar-refractivity contribution in [2.75, 3.05) is 33.0 Å². The molecule has 2 saturated heterocycles. The van der Waals surface area contributed by atoms with Crippen molar-refractivity contribution in [1.29, 1.82) is 0 Å². The minimum Gasteiger partial charge on any atom is -0.481 e. The van der Waals surface area contributed by atoms with Crippen molar-refractivity contribution in [3.63, 3.8) is 0 Å². The maximum Gasteiger partial charge on any atom is 0.310 e. The van der Waals surface area contributed by atoms with E-state index in [4.69, 9.17) is 9.47 Å². The van der Waals surface area contributed by atoms with Crippen molar-refractivity contribution in [3.05, 3.63) is 0 Å². The van der Waals surface area contributed by atoms with Gasteiger partial charge in [0.15, 0.2) is 0 Å². The molecule has 2 heterocycles. The average Bonchev–Trinajstić information content (AvgIpc) is 2.72. The fraction of sp³-hybridized carbons (Fsp3) is 0.929. The fourth-order valence-corrected chi connectivity index (χ4v) is 3.20. The van der Waals surface area contributed by atoms with Crippen molar-refractivity contribution in [2.45, 2.75) is 44.7 Å². The molecule has 2 rings (SSSR count). The highest BCUT2D eigenvalue weighted by Gasteiger charge is 2.40. The number of ether oxygens (including phenoxy) is 2. The third-order valence-corrected chi connectivity index (χ3v) is 4.17. The predicted octanol–water partition coefficient (Wildman–Crippen LogP) is 1.37. The van der Waals surface area contributed by atoms with Gasteiger partial charge in [0.25, 0.3) is 0 Å². The lowest BCUT2D eigenvalue weighted by Crippen LogP contribution is -2.49. The smallest absolute Gasteiger partial charge is 0.310 e. The van der Waals surface area contributed by atoms with E-state index < -0.39 is 5.97 Å². The van der Waals surface area contributed by atoms with E-state index >= 15 is 0 Å². The molecule has 0 aliphatic carbocycles. The molecule has 5 heteroatoms. The highest BCUT2D eigenvalue weighted by molar-refractivity contribution is 5.71. The summed E-state index contributed by atoms with van der Waals surface area (Å²) in [6.45, 7) is 5.61. The zero-order chi connectivity index (χ0) is 13.7. The van der Waals surface area contributed by atoms with E-state index in [0.717, 1.165) is 45.4 Å². The molecule has 0 bridgehead atoms. The molecule has 0 aromatic heterocycles. The van der Waals surface area contributed by atoms with Crippen molar-refractivity contribution >= 4 is 5.97 Å². The Bertz CT molecular complexity index is 289. The first-order valence-corrected chi connectivity index (χ1v) is 7.38. The summed E-state index contributed by atoms with van der Waals surface area (Å²) in [7, 11) is 0. The molecule has 3 unspecified atom stereocenters. The van der Waals surface area contributed by atoms with E-state index in [1.54, 1.807) is 0 Å². The van der Waals surface area contributed by atoms with Crippen LogP contribution in [0.15, 0.2) is 0 Å². The standard InChI is InChI=1S/C14H25NO4/c1-2-6-15(11-4-3-7-18-8-5-11)13-10-19-9-12(13)14(16)17/h11-13H,2-10H2,1H3,(H,16,17). The molecule has 0 saturated carbocycles. The average molecular weight is 271 g/mol. The highest BCUT2D eigenvalue weighted by Crippen LogP contribution is 2.26. The molecule has 0 aromatic carbocycles. The molecule has 0 aromatic rings. The number of hydrogen-bond acceptors (Lipinski definition) is 4. The number of nitrogens with zero attached hydrogens (tertiary/aromatic N) is 1. The largest absolute Gasteiger partial charge is 0.481 e. The molecule has 2 aliphatic rings.